The maximum absolute atomic E-state index is 13.9. The molecule has 3 aromatic carbocycles. The molecule has 2 amide bonds. The minimum absolute atomic E-state index is 0.00956. The van der Waals surface area contributed by atoms with Crippen LogP contribution in [0.4, 0.5) is 5.69 Å². The summed E-state index contributed by atoms with van der Waals surface area (Å²) in [4.78, 5) is 47.5. The Bertz CT molecular complexity index is 1760. The summed E-state index contributed by atoms with van der Waals surface area (Å²) in [5.74, 6) is 0.157. The SMILES string of the molecule is CC(C)C[C@@H]1NC2N(C1=O)c1ccccc1C2(O)CC1NC(=O)c2ccccc2-n2c1nc1ccccc1c2=O. The summed E-state index contributed by atoms with van der Waals surface area (Å²) < 4.78 is 1.48. The molecule has 3 aliphatic rings. The molecule has 4 atom stereocenters. The molecule has 0 saturated carbocycles. The van der Waals surface area contributed by atoms with Crippen LogP contribution < -0.4 is 21.1 Å². The number of hydrogen-bond acceptors (Lipinski definition) is 6. The summed E-state index contributed by atoms with van der Waals surface area (Å²) in [6.45, 7) is 4.11. The molecule has 7 rings (SSSR count). The van der Waals surface area contributed by atoms with Crippen LogP contribution in [0.2, 0.25) is 0 Å². The zero-order chi connectivity index (χ0) is 27.8. The number of anilines is 1. The van der Waals surface area contributed by atoms with E-state index in [-0.39, 0.29) is 29.7 Å². The third-order valence-corrected chi connectivity index (χ3v) is 8.27. The second kappa shape index (κ2) is 8.84. The van der Waals surface area contributed by atoms with Crippen LogP contribution in [0.1, 0.15) is 54.5 Å². The minimum Gasteiger partial charge on any atom is -0.381 e. The summed E-state index contributed by atoms with van der Waals surface area (Å²) in [5, 5.41) is 19.4. The van der Waals surface area contributed by atoms with Crippen molar-refractivity contribution < 1.29 is 14.7 Å². The Morgan fingerprint density at radius 3 is 2.42 bits per heavy atom. The van der Waals surface area contributed by atoms with Crippen molar-refractivity contribution >= 4 is 28.4 Å². The van der Waals surface area contributed by atoms with E-state index in [4.69, 9.17) is 4.98 Å². The van der Waals surface area contributed by atoms with Gasteiger partial charge in [0.1, 0.15) is 17.6 Å². The van der Waals surface area contributed by atoms with Crippen LogP contribution in [-0.2, 0) is 10.4 Å². The Labute approximate surface area is 230 Å². The molecule has 202 valence electrons. The molecule has 9 heteroatoms. The Morgan fingerprint density at radius 1 is 0.925 bits per heavy atom. The minimum atomic E-state index is -1.57. The molecule has 4 aromatic rings. The number of carbonyl (C=O) groups is 2. The number of hydrogen-bond donors (Lipinski definition) is 3. The highest BCUT2D eigenvalue weighted by Crippen LogP contribution is 2.50. The van der Waals surface area contributed by atoms with Gasteiger partial charge in [0.25, 0.3) is 11.5 Å². The number of fused-ring (bicyclic) bond motifs is 7. The summed E-state index contributed by atoms with van der Waals surface area (Å²) in [5.41, 5.74) is 0.663. The van der Waals surface area contributed by atoms with Crippen molar-refractivity contribution in [2.24, 2.45) is 5.92 Å². The highest BCUT2D eigenvalue weighted by Gasteiger charge is 2.58. The first-order chi connectivity index (χ1) is 19.3. The molecule has 0 radical (unpaired) electrons. The van der Waals surface area contributed by atoms with Gasteiger partial charge in [-0.15, -0.1) is 0 Å². The smallest absolute Gasteiger partial charge is 0.266 e. The van der Waals surface area contributed by atoms with Crippen LogP contribution in [0, 0.1) is 5.92 Å². The van der Waals surface area contributed by atoms with E-state index in [2.05, 4.69) is 24.5 Å². The number of nitrogens with zero attached hydrogens (tertiary/aromatic N) is 3. The molecule has 3 N–H and O–H groups in total. The number of para-hydroxylation sites is 3. The lowest BCUT2D eigenvalue weighted by atomic mass is 9.86. The maximum Gasteiger partial charge on any atom is 0.266 e. The molecule has 9 nitrogen and oxygen atoms in total. The molecule has 0 aliphatic carbocycles. The van der Waals surface area contributed by atoms with Crippen LogP contribution in [0.15, 0.2) is 77.6 Å². The van der Waals surface area contributed by atoms with Crippen LogP contribution in [0.3, 0.4) is 0 Å². The van der Waals surface area contributed by atoms with Gasteiger partial charge in [-0.25, -0.2) is 4.98 Å². The number of aliphatic hydroxyl groups is 1. The van der Waals surface area contributed by atoms with Gasteiger partial charge in [0, 0.05) is 12.0 Å². The number of benzene rings is 3. The van der Waals surface area contributed by atoms with E-state index in [1.165, 1.54) is 4.57 Å². The van der Waals surface area contributed by atoms with Gasteiger partial charge in [0.15, 0.2) is 0 Å². The van der Waals surface area contributed by atoms with Gasteiger partial charge in [0.2, 0.25) is 5.91 Å². The summed E-state index contributed by atoms with van der Waals surface area (Å²) >= 11 is 0. The third-order valence-electron chi connectivity index (χ3n) is 8.27. The summed E-state index contributed by atoms with van der Waals surface area (Å²) in [7, 11) is 0. The lowest BCUT2D eigenvalue weighted by Crippen LogP contribution is -2.51. The van der Waals surface area contributed by atoms with Crippen LogP contribution in [-0.4, -0.2) is 38.7 Å². The number of carbonyl (C=O) groups excluding carboxylic acids is 2. The normalized spacial score (nSPS) is 24.9. The monoisotopic (exact) mass is 535 g/mol. The van der Waals surface area contributed by atoms with E-state index in [9.17, 15) is 19.5 Å². The van der Waals surface area contributed by atoms with Crippen molar-refractivity contribution in [2.45, 2.75) is 50.5 Å². The average Bonchev–Trinajstić information content (AvgIpc) is 3.35. The van der Waals surface area contributed by atoms with E-state index in [1.54, 1.807) is 47.4 Å². The third kappa shape index (κ3) is 3.47. The lowest BCUT2D eigenvalue weighted by molar-refractivity contribution is -0.119. The number of aromatic nitrogens is 2. The van der Waals surface area contributed by atoms with Gasteiger partial charge >= 0.3 is 0 Å². The molecular formula is C31H29N5O4. The Balaban J connectivity index is 1.40. The van der Waals surface area contributed by atoms with Crippen LogP contribution >= 0.6 is 0 Å². The fourth-order valence-electron chi connectivity index (χ4n) is 6.53. The van der Waals surface area contributed by atoms with Gasteiger partial charge < -0.3 is 10.4 Å². The topological polar surface area (TPSA) is 117 Å². The first-order valence-electron chi connectivity index (χ1n) is 13.6. The van der Waals surface area contributed by atoms with Crippen molar-refractivity contribution in [1.82, 2.24) is 20.2 Å². The van der Waals surface area contributed by atoms with Gasteiger partial charge in [-0.1, -0.05) is 56.3 Å². The molecule has 0 spiro atoms. The zero-order valence-electron chi connectivity index (χ0n) is 22.2. The Kier molecular flexibility index (Phi) is 5.45. The summed E-state index contributed by atoms with van der Waals surface area (Å²) in [6, 6.07) is 20.1. The maximum atomic E-state index is 13.9. The van der Waals surface area contributed by atoms with Crippen molar-refractivity contribution in [3.8, 4) is 5.69 Å². The molecule has 3 aliphatic heterocycles. The summed E-state index contributed by atoms with van der Waals surface area (Å²) in [6.07, 6.45) is -0.111. The predicted octanol–water partition coefficient (Wildman–Crippen LogP) is 3.14. The fourth-order valence-corrected chi connectivity index (χ4v) is 6.53. The van der Waals surface area contributed by atoms with Crippen molar-refractivity contribution in [2.75, 3.05) is 4.90 Å². The molecule has 0 bridgehead atoms. The average molecular weight is 536 g/mol. The molecular weight excluding hydrogens is 506 g/mol. The first kappa shape index (κ1) is 24.7. The predicted molar refractivity (Wildman–Crippen MR) is 150 cm³/mol. The van der Waals surface area contributed by atoms with Gasteiger partial charge in [0.05, 0.1) is 39.9 Å². The fraction of sp³-hybridized carbons (Fsp3) is 0.290. The van der Waals surface area contributed by atoms with Gasteiger partial charge in [-0.3, -0.25) is 29.2 Å². The molecule has 1 saturated heterocycles. The molecule has 1 aromatic heterocycles. The first-order valence-corrected chi connectivity index (χ1v) is 13.6. The second-order valence-corrected chi connectivity index (χ2v) is 11.3. The van der Waals surface area contributed by atoms with Crippen molar-refractivity contribution in [3.63, 3.8) is 0 Å². The number of amides is 2. The van der Waals surface area contributed by atoms with E-state index < -0.39 is 23.9 Å². The second-order valence-electron chi connectivity index (χ2n) is 11.3. The van der Waals surface area contributed by atoms with Crippen LogP contribution in [0.5, 0.6) is 0 Å². The van der Waals surface area contributed by atoms with E-state index >= 15 is 0 Å². The van der Waals surface area contributed by atoms with E-state index in [1.807, 2.05) is 30.3 Å². The highest BCUT2D eigenvalue weighted by atomic mass is 16.3. The number of nitrogens with one attached hydrogen (secondary N) is 2. The molecule has 40 heavy (non-hydrogen) atoms. The van der Waals surface area contributed by atoms with Crippen molar-refractivity contribution in [3.05, 3.63) is 100 Å². The molecule has 1 fully saturated rings. The zero-order valence-corrected chi connectivity index (χ0v) is 22.2. The molecule has 3 unspecified atom stereocenters. The van der Waals surface area contributed by atoms with Gasteiger partial charge in [-0.05, 0) is 42.7 Å². The Morgan fingerprint density at radius 2 is 1.62 bits per heavy atom. The highest BCUT2D eigenvalue weighted by molar-refractivity contribution is 6.03. The van der Waals surface area contributed by atoms with Crippen molar-refractivity contribution in [1.29, 1.82) is 0 Å². The van der Waals surface area contributed by atoms with Crippen LogP contribution in [0.25, 0.3) is 16.6 Å². The largest absolute Gasteiger partial charge is 0.381 e. The van der Waals surface area contributed by atoms with Gasteiger partial charge in [-0.2, -0.15) is 0 Å². The molecule has 4 heterocycles. The lowest BCUT2D eigenvalue weighted by Gasteiger charge is -2.34. The number of rotatable bonds is 4. The standard InChI is InChI=1S/C31H29N5O4/c1-17(2)15-22-29(39)36-25-14-8-5-11-20(25)31(40,30(36)34-22)16-23-26-32-21-12-6-3-9-18(21)28(38)35(26)24-13-7-4-10-19(24)27(37)33-23/h3-14,17,22-23,30,34,40H,15-16H2,1-2H3,(H,33,37)/t22-,23?,30?,31?/m0/s1. The van der Waals surface area contributed by atoms with E-state index in [0.29, 0.717) is 45.6 Å². The quantitative estimate of drug-likeness (QED) is 0.370. The van der Waals surface area contributed by atoms with E-state index in [0.717, 1.165) is 0 Å². The Hall–Kier alpha value is -4.34.